The number of carbonyl (C=O) groups excluding carboxylic acids is 3. The number of allylic oxidation sites excluding steroid dienone is 3. The first kappa shape index (κ1) is 73.5. The van der Waals surface area contributed by atoms with E-state index in [0.29, 0.717) is 21.4 Å². The van der Waals surface area contributed by atoms with Gasteiger partial charge in [-0.15, -0.1) is 0 Å². The highest BCUT2D eigenvalue weighted by Crippen LogP contribution is 2.50. The minimum absolute atomic E-state index is 0.0221. The molecule has 0 radical (unpaired) electrons. The van der Waals surface area contributed by atoms with Crippen LogP contribution in [0.25, 0.3) is 0 Å². The molecule has 4 aliphatic heterocycles. The monoisotopic (exact) mass is 1450 g/mol. The number of thioether (sulfide) groups is 1. The largest absolute Gasteiger partial charge is 0.492 e. The van der Waals surface area contributed by atoms with Gasteiger partial charge in [-0.1, -0.05) is 82.2 Å². The molecule has 92 heavy (non-hydrogen) atoms. The number of rotatable bonds is 23. The second-order valence-electron chi connectivity index (χ2n) is 23.1. The quantitative estimate of drug-likeness (QED) is 0.0185. The van der Waals surface area contributed by atoms with Gasteiger partial charge in [0.15, 0.2) is 41.8 Å². The molecule has 4 fully saturated rings. The molecule has 4 saturated heterocycles. The molecule has 2 aromatic rings. The zero-order valence-electron chi connectivity index (χ0n) is 53.1. The number of anilines is 1. The number of nitrogen functional groups attached to an aromatic ring is 1. The normalized spacial score (nSPS) is 34.0. The summed E-state index contributed by atoms with van der Waals surface area (Å²) in [5, 5.41) is 63.3. The van der Waals surface area contributed by atoms with Crippen LogP contribution in [0.15, 0.2) is 59.3 Å². The topological polar surface area (TPSA) is 334 Å². The molecule has 10 N–H and O–H groups in total. The van der Waals surface area contributed by atoms with Crippen LogP contribution in [0.5, 0.6) is 17.2 Å². The summed E-state index contributed by atoms with van der Waals surface area (Å²) in [7, 11) is 9.82. The molecule has 0 unspecified atom stereocenters. The van der Waals surface area contributed by atoms with Crippen molar-refractivity contribution in [3.8, 4) is 40.9 Å². The van der Waals surface area contributed by atoms with Crippen molar-refractivity contribution in [1.29, 1.82) is 0 Å². The molecule has 29 heteroatoms. The number of halogens is 1. The molecule has 506 valence electrons. The number of nitrogens with two attached hydrogens (primary N) is 1. The predicted molar refractivity (Wildman–Crippen MR) is 350 cm³/mol. The third-order valence-corrected chi connectivity index (χ3v) is 22.3. The highest BCUT2D eigenvalue weighted by Gasteiger charge is 2.52. The first-order valence-electron chi connectivity index (χ1n) is 29.9. The average Bonchev–Trinajstić information content (AvgIpc) is 0.768. The lowest BCUT2D eigenvalue weighted by Gasteiger charge is -2.46. The zero-order chi connectivity index (χ0) is 66.9. The maximum absolute atomic E-state index is 14.5. The van der Waals surface area contributed by atoms with Crippen molar-refractivity contribution < 1.29 is 102 Å². The SMILES string of the molecule is CCN[C@H]1CO[C@@H](O[C@H]2[C@H](O[C@H]3C#C/C=C/C#C[C@]4(O)CC(=O)C(NC(=O)OC)=C3/C4=C\CSSC(C)(C)c3ccc(N)cc3)O[C@H](C)[C@@H](NO[C@H]3C[C@H](O)[C@H](SC(=O)c4c(C)c(I)c(O[C@@H]5O[C@@H](C)[C@H](O)[C@@H](OC)[C@H]5O)c(OC)c4OC)[C@@H](C)O3)[C@@H]2O)C[C@@H]1OC. The van der Waals surface area contributed by atoms with Crippen LogP contribution in [0.3, 0.4) is 0 Å². The van der Waals surface area contributed by atoms with Crippen LogP contribution in [-0.2, 0) is 57.0 Å². The summed E-state index contributed by atoms with van der Waals surface area (Å²) in [6.45, 7) is 13.5. The summed E-state index contributed by atoms with van der Waals surface area (Å²) in [5.41, 5.74) is 8.81. The van der Waals surface area contributed by atoms with Crippen molar-refractivity contribution in [3.05, 3.63) is 79.6 Å². The van der Waals surface area contributed by atoms with Crippen molar-refractivity contribution in [2.24, 2.45) is 0 Å². The number of carbonyl (C=O) groups is 3. The van der Waals surface area contributed by atoms with E-state index in [0.717, 1.165) is 24.4 Å². The molecular formula is C63H83IN4O21S3. The molecule has 2 aliphatic carbocycles. The number of fused-ring (bicyclic) bond motifs is 2. The number of hydrogen-bond acceptors (Lipinski definition) is 27. The van der Waals surface area contributed by atoms with Gasteiger partial charge in [0.1, 0.15) is 36.6 Å². The number of alkyl carbamates (subject to hydrolysis) is 1. The van der Waals surface area contributed by atoms with E-state index in [9.17, 15) is 39.9 Å². The molecule has 6 aliphatic rings. The molecule has 25 nitrogen and oxygen atoms in total. The lowest BCUT2D eigenvalue weighted by Crippen LogP contribution is -2.65. The van der Waals surface area contributed by atoms with Gasteiger partial charge in [-0.3, -0.25) is 19.7 Å². The Morgan fingerprint density at radius 1 is 0.870 bits per heavy atom. The Hall–Kier alpha value is -4.27. The fourth-order valence-corrected chi connectivity index (χ4v) is 15.7. The fourth-order valence-electron chi connectivity index (χ4n) is 11.5. The second kappa shape index (κ2) is 32.6. The van der Waals surface area contributed by atoms with E-state index < -0.39 is 131 Å². The molecule has 8 rings (SSSR count). The van der Waals surface area contributed by atoms with Crippen molar-refractivity contribution in [2.45, 2.75) is 188 Å². The van der Waals surface area contributed by atoms with Crippen LogP contribution in [0.1, 0.15) is 82.3 Å². The lowest BCUT2D eigenvalue weighted by atomic mass is 9.75. The Labute approximate surface area is 561 Å². The second-order valence-corrected chi connectivity index (χ2v) is 28.2. The highest BCUT2D eigenvalue weighted by molar-refractivity contribution is 14.1. The molecule has 19 atom stereocenters. The first-order valence-corrected chi connectivity index (χ1v) is 34.2. The van der Waals surface area contributed by atoms with Crippen LogP contribution in [0.4, 0.5) is 10.5 Å². The van der Waals surface area contributed by atoms with Gasteiger partial charge >= 0.3 is 6.09 Å². The first-order chi connectivity index (χ1) is 43.8. The number of ketones is 1. The minimum Gasteiger partial charge on any atom is -0.492 e. The molecule has 0 saturated carbocycles. The number of hydroxylamine groups is 1. The highest BCUT2D eigenvalue weighted by atomic mass is 127. The Balaban J connectivity index is 1.03. The number of amides is 1. The Morgan fingerprint density at radius 3 is 2.24 bits per heavy atom. The van der Waals surface area contributed by atoms with Crippen molar-refractivity contribution >= 4 is 78.6 Å². The number of nitrogens with one attached hydrogen (secondary N) is 3. The smallest absolute Gasteiger partial charge is 0.411 e. The van der Waals surface area contributed by atoms with Gasteiger partial charge in [0.25, 0.3) is 0 Å². The predicted octanol–water partition coefficient (Wildman–Crippen LogP) is 4.44. The van der Waals surface area contributed by atoms with E-state index in [1.807, 2.05) is 53.8 Å². The van der Waals surface area contributed by atoms with Gasteiger partial charge in [-0.05, 0) is 106 Å². The van der Waals surface area contributed by atoms with E-state index in [1.165, 1.54) is 44.3 Å². The lowest BCUT2D eigenvalue weighted by molar-refractivity contribution is -0.336. The van der Waals surface area contributed by atoms with E-state index in [-0.39, 0.29) is 77.0 Å². The maximum Gasteiger partial charge on any atom is 0.411 e. The number of likely N-dealkylation sites (N-methyl/N-ethyl adjacent to an activating group) is 1. The van der Waals surface area contributed by atoms with E-state index >= 15 is 0 Å². The van der Waals surface area contributed by atoms with Crippen molar-refractivity contribution in [1.82, 2.24) is 16.1 Å². The number of hydrogen-bond donors (Lipinski definition) is 9. The molecule has 0 spiro atoms. The average molecular weight is 1460 g/mol. The maximum atomic E-state index is 14.5. The van der Waals surface area contributed by atoms with Crippen LogP contribution >= 0.6 is 55.9 Å². The Morgan fingerprint density at radius 2 is 1.58 bits per heavy atom. The number of methoxy groups -OCH3 is 5. The van der Waals surface area contributed by atoms with E-state index in [4.69, 9.17) is 67.4 Å². The number of Topliss-reactive ketones (excluding diaryl/α,β-unsaturated/α-hetero) is 1. The number of aliphatic hydroxyl groups is 5. The third-order valence-electron chi connectivity index (χ3n) is 16.5. The fraction of sp³-hybridized carbons (Fsp3) is 0.603. The van der Waals surface area contributed by atoms with Gasteiger partial charge in [0.05, 0.1) is 97.0 Å². The molecule has 2 aromatic carbocycles. The van der Waals surface area contributed by atoms with E-state index in [1.54, 1.807) is 51.7 Å². The minimum atomic E-state index is -2.12. The van der Waals surface area contributed by atoms with Gasteiger partial charge in [-0.25, -0.2) is 4.79 Å². The molecule has 1 amide bonds. The molecular weight excluding hydrogens is 1370 g/mol. The summed E-state index contributed by atoms with van der Waals surface area (Å²) in [5.74, 6) is 11.3. The van der Waals surface area contributed by atoms with Gasteiger partial charge in [0.2, 0.25) is 17.2 Å². The summed E-state index contributed by atoms with van der Waals surface area (Å²) < 4.78 is 72.6. The third kappa shape index (κ3) is 16.7. The van der Waals surface area contributed by atoms with E-state index in [2.05, 4.69) is 53.6 Å². The van der Waals surface area contributed by atoms with Gasteiger partial charge < -0.3 is 93.4 Å². The summed E-state index contributed by atoms with van der Waals surface area (Å²) in [6, 6.07) is 6.27. The Kier molecular flexibility index (Phi) is 26.1. The molecule has 4 heterocycles. The van der Waals surface area contributed by atoms with Crippen LogP contribution in [0.2, 0.25) is 0 Å². The zero-order valence-corrected chi connectivity index (χ0v) is 57.7. The van der Waals surface area contributed by atoms with Gasteiger partial charge in [-0.2, -0.15) is 5.48 Å². The van der Waals surface area contributed by atoms with Crippen molar-refractivity contribution in [2.75, 3.05) is 60.2 Å². The number of aliphatic hydroxyl groups excluding tert-OH is 4. The molecule has 2 bridgehead atoms. The number of benzene rings is 2. The van der Waals surface area contributed by atoms with Crippen molar-refractivity contribution in [3.63, 3.8) is 0 Å². The standard InChI is InChI=1S/C63H83IN4O21S3/c1-13-66-37-29-82-42(27-41(37)77-8)87-55-50(72)47(68-89-43-26-38(69)57(33(5)83-43)91-58(74)44-30(2)46(64)53(56(80-11)52(44)78-9)88-59-51(73)54(79-10)49(71)32(4)85-59)31(3)84-60(55)86-40-18-16-14-15-17-24-63(76)28-39(70)48(67-61(75)81-12)45(40)36(63)23-25-90-92-62(6,7)34-19-21-35(65)22-20-34/h14-15,19-23,31-33,37-38,40-43,47,49-51,54-55,57,59-60,66,68-69,71-73,76H,13,25-29,65H2,1-12H3,(H,67,75)/b15-14+,36-23+/t31-,32+,33-,37+,38+,40+,41+,42+,43+,47-,49+,50+,51-,54-,55-,57-,59+,60+,63+/m1/s1. The van der Waals surface area contributed by atoms with Crippen LogP contribution in [0, 0.1) is 34.2 Å². The van der Waals surface area contributed by atoms with Crippen LogP contribution < -0.4 is 36.1 Å². The van der Waals surface area contributed by atoms with Gasteiger partial charge in [0, 0.05) is 54.4 Å². The summed E-state index contributed by atoms with van der Waals surface area (Å²) >= 11 is 2.82. The molecule has 0 aromatic heterocycles. The summed E-state index contributed by atoms with van der Waals surface area (Å²) in [4.78, 5) is 48.1. The van der Waals surface area contributed by atoms with Crippen LogP contribution in [-0.4, -0.2) is 212 Å². The Bertz CT molecular complexity index is 3160. The summed E-state index contributed by atoms with van der Waals surface area (Å²) in [6.07, 6.45) is -14.1. The number of ether oxygens (including phenoxy) is 12.